The highest BCUT2D eigenvalue weighted by Crippen LogP contribution is 2.28. The SMILES string of the molecule is COc1ccc(Nc2ncnc(Nc3ccc(C)cc3)c2N)cc1. The molecule has 0 amide bonds. The molecular weight excluding hydrogens is 302 g/mol. The third-order valence-corrected chi connectivity index (χ3v) is 3.55. The smallest absolute Gasteiger partial charge is 0.159 e. The van der Waals surface area contributed by atoms with Gasteiger partial charge in [0.15, 0.2) is 11.6 Å². The van der Waals surface area contributed by atoms with E-state index in [9.17, 15) is 0 Å². The maximum absolute atomic E-state index is 6.19. The summed E-state index contributed by atoms with van der Waals surface area (Å²) in [5, 5.41) is 6.39. The fraction of sp³-hybridized carbons (Fsp3) is 0.111. The van der Waals surface area contributed by atoms with E-state index in [1.165, 1.54) is 11.9 Å². The first-order valence-electron chi connectivity index (χ1n) is 7.51. The first-order valence-corrected chi connectivity index (χ1v) is 7.51. The predicted octanol–water partition coefficient (Wildman–Crippen LogP) is 3.86. The van der Waals surface area contributed by atoms with E-state index >= 15 is 0 Å². The topological polar surface area (TPSA) is 85.1 Å². The number of rotatable bonds is 5. The van der Waals surface area contributed by atoms with Gasteiger partial charge >= 0.3 is 0 Å². The molecule has 3 aromatic rings. The number of nitrogen functional groups attached to an aromatic ring is 1. The fourth-order valence-corrected chi connectivity index (χ4v) is 2.18. The van der Waals surface area contributed by atoms with E-state index in [1.54, 1.807) is 7.11 Å². The standard InChI is InChI=1S/C18H19N5O/c1-12-3-5-13(6-4-12)22-17-16(19)18(21-11-20-17)23-14-7-9-15(24-2)10-8-14/h3-11H,19H2,1-2H3,(H2,20,21,22,23). The molecule has 0 aliphatic heterocycles. The van der Waals surface area contributed by atoms with Gasteiger partial charge < -0.3 is 21.1 Å². The number of benzene rings is 2. The molecule has 1 aromatic heterocycles. The lowest BCUT2D eigenvalue weighted by Gasteiger charge is -2.13. The minimum absolute atomic E-state index is 0.453. The van der Waals surface area contributed by atoms with Crippen LogP contribution in [0.3, 0.4) is 0 Å². The van der Waals surface area contributed by atoms with E-state index < -0.39 is 0 Å². The Labute approximate surface area is 140 Å². The highest BCUT2D eigenvalue weighted by Gasteiger charge is 2.09. The Kier molecular flexibility index (Phi) is 4.47. The molecule has 2 aromatic carbocycles. The van der Waals surface area contributed by atoms with Crippen molar-refractivity contribution in [3.05, 3.63) is 60.4 Å². The quantitative estimate of drug-likeness (QED) is 0.661. The van der Waals surface area contributed by atoms with Crippen LogP contribution in [0.25, 0.3) is 0 Å². The Morgan fingerprint density at radius 3 is 1.83 bits per heavy atom. The Hall–Kier alpha value is -3.28. The molecule has 0 unspecified atom stereocenters. The van der Waals surface area contributed by atoms with Crippen molar-refractivity contribution >= 4 is 28.7 Å². The molecule has 0 aliphatic carbocycles. The van der Waals surface area contributed by atoms with Gasteiger partial charge in [0.05, 0.1) is 7.11 Å². The highest BCUT2D eigenvalue weighted by atomic mass is 16.5. The third kappa shape index (κ3) is 3.55. The number of ether oxygens (including phenoxy) is 1. The summed E-state index contributed by atoms with van der Waals surface area (Å²) in [4.78, 5) is 8.43. The molecule has 0 spiro atoms. The van der Waals surface area contributed by atoms with Crippen molar-refractivity contribution in [3.8, 4) is 5.75 Å². The van der Waals surface area contributed by atoms with Crippen molar-refractivity contribution in [1.82, 2.24) is 9.97 Å². The van der Waals surface area contributed by atoms with Crippen LogP contribution in [0.15, 0.2) is 54.9 Å². The number of aromatic nitrogens is 2. The van der Waals surface area contributed by atoms with Gasteiger partial charge in [-0.1, -0.05) is 17.7 Å². The number of nitrogens with one attached hydrogen (secondary N) is 2. The highest BCUT2D eigenvalue weighted by molar-refractivity contribution is 5.80. The average Bonchev–Trinajstić information content (AvgIpc) is 2.61. The summed E-state index contributed by atoms with van der Waals surface area (Å²) >= 11 is 0. The number of anilines is 5. The molecule has 0 aliphatic rings. The van der Waals surface area contributed by atoms with Crippen LogP contribution in [0.5, 0.6) is 5.75 Å². The van der Waals surface area contributed by atoms with Gasteiger partial charge in [-0.25, -0.2) is 9.97 Å². The first-order chi connectivity index (χ1) is 11.7. The second kappa shape index (κ2) is 6.87. The van der Waals surface area contributed by atoms with Crippen LogP contribution in [0, 0.1) is 6.92 Å². The van der Waals surface area contributed by atoms with Crippen LogP contribution in [0.4, 0.5) is 28.7 Å². The Morgan fingerprint density at radius 1 is 0.833 bits per heavy atom. The molecule has 24 heavy (non-hydrogen) atoms. The molecule has 6 heteroatoms. The maximum atomic E-state index is 6.19. The maximum Gasteiger partial charge on any atom is 0.159 e. The Bertz CT molecular complexity index is 816. The number of aryl methyl sites for hydroxylation is 1. The third-order valence-electron chi connectivity index (χ3n) is 3.55. The summed E-state index contributed by atoms with van der Waals surface area (Å²) in [7, 11) is 1.63. The summed E-state index contributed by atoms with van der Waals surface area (Å²) in [6, 6.07) is 15.5. The molecule has 0 atom stereocenters. The number of nitrogens with zero attached hydrogens (tertiary/aromatic N) is 2. The number of hydrogen-bond donors (Lipinski definition) is 3. The monoisotopic (exact) mass is 321 g/mol. The van der Waals surface area contributed by atoms with E-state index in [-0.39, 0.29) is 0 Å². The van der Waals surface area contributed by atoms with E-state index in [0.29, 0.717) is 17.3 Å². The van der Waals surface area contributed by atoms with Gasteiger partial charge in [-0.2, -0.15) is 0 Å². The Morgan fingerprint density at radius 2 is 1.33 bits per heavy atom. The van der Waals surface area contributed by atoms with Crippen molar-refractivity contribution in [3.63, 3.8) is 0 Å². The second-order valence-electron chi connectivity index (χ2n) is 5.33. The first kappa shape index (κ1) is 15.6. The van der Waals surface area contributed by atoms with Crippen molar-refractivity contribution in [2.75, 3.05) is 23.5 Å². The lowest BCUT2D eigenvalue weighted by molar-refractivity contribution is 0.415. The van der Waals surface area contributed by atoms with Gasteiger partial charge in [0.25, 0.3) is 0 Å². The van der Waals surface area contributed by atoms with Gasteiger partial charge in [0.1, 0.15) is 17.8 Å². The molecule has 1 heterocycles. The second-order valence-corrected chi connectivity index (χ2v) is 5.33. The van der Waals surface area contributed by atoms with Crippen LogP contribution in [0.1, 0.15) is 5.56 Å². The normalized spacial score (nSPS) is 10.2. The minimum atomic E-state index is 0.453. The molecule has 6 nitrogen and oxygen atoms in total. The molecule has 3 rings (SSSR count). The summed E-state index contributed by atoms with van der Waals surface area (Å²) in [6.07, 6.45) is 1.47. The van der Waals surface area contributed by atoms with E-state index in [2.05, 4.69) is 20.6 Å². The van der Waals surface area contributed by atoms with Gasteiger partial charge in [-0.05, 0) is 43.3 Å². The number of methoxy groups -OCH3 is 1. The largest absolute Gasteiger partial charge is 0.497 e. The van der Waals surface area contributed by atoms with Crippen LogP contribution < -0.4 is 21.1 Å². The van der Waals surface area contributed by atoms with Crippen LogP contribution in [0.2, 0.25) is 0 Å². The van der Waals surface area contributed by atoms with Crippen molar-refractivity contribution in [2.45, 2.75) is 6.92 Å². The van der Waals surface area contributed by atoms with E-state index in [0.717, 1.165) is 17.1 Å². The fourth-order valence-electron chi connectivity index (χ4n) is 2.18. The number of nitrogens with two attached hydrogens (primary N) is 1. The van der Waals surface area contributed by atoms with Gasteiger partial charge in [-0.3, -0.25) is 0 Å². The van der Waals surface area contributed by atoms with Crippen LogP contribution in [-0.4, -0.2) is 17.1 Å². The summed E-state index contributed by atoms with van der Waals surface area (Å²) < 4.78 is 5.15. The zero-order chi connectivity index (χ0) is 16.9. The molecule has 122 valence electrons. The minimum Gasteiger partial charge on any atom is -0.497 e. The molecule has 0 bridgehead atoms. The van der Waals surface area contributed by atoms with Gasteiger partial charge in [-0.15, -0.1) is 0 Å². The van der Waals surface area contributed by atoms with Crippen molar-refractivity contribution in [1.29, 1.82) is 0 Å². The van der Waals surface area contributed by atoms with Gasteiger partial charge in [0, 0.05) is 11.4 Å². The lowest BCUT2D eigenvalue weighted by Crippen LogP contribution is -2.05. The molecule has 0 radical (unpaired) electrons. The predicted molar refractivity (Wildman–Crippen MR) is 97.2 cm³/mol. The average molecular weight is 321 g/mol. The van der Waals surface area contributed by atoms with Crippen LogP contribution in [-0.2, 0) is 0 Å². The molecular formula is C18H19N5O. The molecule has 4 N–H and O–H groups in total. The summed E-state index contributed by atoms with van der Waals surface area (Å²) in [5.74, 6) is 1.90. The van der Waals surface area contributed by atoms with E-state index in [4.69, 9.17) is 10.5 Å². The number of hydrogen-bond acceptors (Lipinski definition) is 6. The molecule has 0 fully saturated rings. The van der Waals surface area contributed by atoms with Gasteiger partial charge in [0.2, 0.25) is 0 Å². The van der Waals surface area contributed by atoms with E-state index in [1.807, 2.05) is 55.5 Å². The zero-order valence-electron chi connectivity index (χ0n) is 13.6. The lowest BCUT2D eigenvalue weighted by atomic mass is 10.2. The summed E-state index contributed by atoms with van der Waals surface area (Å²) in [5.41, 5.74) is 9.62. The van der Waals surface area contributed by atoms with Crippen molar-refractivity contribution in [2.24, 2.45) is 0 Å². The Balaban J connectivity index is 1.80. The zero-order valence-corrected chi connectivity index (χ0v) is 13.6. The molecule has 0 saturated carbocycles. The molecule has 0 saturated heterocycles. The van der Waals surface area contributed by atoms with Crippen LogP contribution >= 0.6 is 0 Å². The summed E-state index contributed by atoms with van der Waals surface area (Å²) in [6.45, 7) is 2.04. The van der Waals surface area contributed by atoms with Crippen molar-refractivity contribution < 1.29 is 4.74 Å².